The Kier molecular flexibility index (Phi) is 2.38. The summed E-state index contributed by atoms with van der Waals surface area (Å²) in [7, 11) is 1.39. The molecule has 0 saturated heterocycles. The number of aliphatic hydroxyl groups is 1. The van der Waals surface area contributed by atoms with Crippen molar-refractivity contribution >= 4 is 0 Å². The van der Waals surface area contributed by atoms with Crippen molar-refractivity contribution in [3.63, 3.8) is 0 Å². The molecule has 1 aromatic rings. The molecule has 0 amide bonds. The minimum Gasteiger partial charge on any atom is -0.481 e. The fraction of sp³-hybridized carbons (Fsp3) is 0.286. The molecule has 0 saturated carbocycles. The zero-order valence-corrected chi connectivity index (χ0v) is 6.04. The maximum Gasteiger partial charge on any atom is 0.216 e. The third kappa shape index (κ3) is 1.88. The Morgan fingerprint density at radius 1 is 1.64 bits per heavy atom. The molecular weight excluding hydrogens is 149 g/mol. The Balaban J connectivity index is 3.02. The summed E-state index contributed by atoms with van der Waals surface area (Å²) in [5.41, 5.74) is 0.453. The van der Waals surface area contributed by atoms with Crippen LogP contribution < -0.4 is 4.74 Å². The SMILES string of the molecule is COc1cc(CO)cc(F)n1. The predicted molar refractivity (Wildman–Crippen MR) is 36.7 cm³/mol. The number of halogens is 1. The summed E-state index contributed by atoms with van der Waals surface area (Å²) < 4.78 is 17.2. The van der Waals surface area contributed by atoms with Gasteiger partial charge in [0.2, 0.25) is 11.8 Å². The van der Waals surface area contributed by atoms with Gasteiger partial charge in [-0.05, 0) is 11.6 Å². The van der Waals surface area contributed by atoms with Crippen LogP contribution in [0, 0.1) is 5.95 Å². The average molecular weight is 157 g/mol. The maximum atomic E-state index is 12.5. The van der Waals surface area contributed by atoms with Gasteiger partial charge in [0.05, 0.1) is 13.7 Å². The fourth-order valence-electron chi connectivity index (χ4n) is 0.719. The summed E-state index contributed by atoms with van der Waals surface area (Å²) in [4.78, 5) is 3.40. The maximum absolute atomic E-state index is 12.5. The van der Waals surface area contributed by atoms with Gasteiger partial charge in [-0.3, -0.25) is 0 Å². The smallest absolute Gasteiger partial charge is 0.216 e. The summed E-state index contributed by atoms with van der Waals surface area (Å²) in [6.07, 6.45) is 0. The van der Waals surface area contributed by atoms with Gasteiger partial charge in [0.25, 0.3) is 0 Å². The molecule has 0 bridgehead atoms. The van der Waals surface area contributed by atoms with E-state index in [0.29, 0.717) is 5.56 Å². The van der Waals surface area contributed by atoms with Gasteiger partial charge < -0.3 is 9.84 Å². The number of hydrogen-bond donors (Lipinski definition) is 1. The van der Waals surface area contributed by atoms with Crippen molar-refractivity contribution in [1.29, 1.82) is 0 Å². The largest absolute Gasteiger partial charge is 0.481 e. The lowest BCUT2D eigenvalue weighted by atomic mass is 10.3. The third-order valence-electron chi connectivity index (χ3n) is 1.22. The van der Waals surface area contributed by atoms with E-state index in [1.807, 2.05) is 0 Å². The molecule has 0 fully saturated rings. The third-order valence-corrected chi connectivity index (χ3v) is 1.22. The van der Waals surface area contributed by atoms with Crippen LogP contribution in [0.1, 0.15) is 5.56 Å². The van der Waals surface area contributed by atoms with Gasteiger partial charge in [-0.1, -0.05) is 0 Å². The Morgan fingerprint density at radius 3 is 2.91 bits per heavy atom. The topological polar surface area (TPSA) is 42.4 Å². The molecule has 0 atom stereocenters. The first-order valence-corrected chi connectivity index (χ1v) is 3.07. The van der Waals surface area contributed by atoms with E-state index < -0.39 is 5.95 Å². The molecule has 0 spiro atoms. The lowest BCUT2D eigenvalue weighted by Crippen LogP contribution is -1.93. The average Bonchev–Trinajstić information content (AvgIpc) is 2.03. The van der Waals surface area contributed by atoms with Crippen LogP contribution in [0.25, 0.3) is 0 Å². The number of methoxy groups -OCH3 is 1. The van der Waals surface area contributed by atoms with Gasteiger partial charge in [-0.15, -0.1) is 0 Å². The van der Waals surface area contributed by atoms with E-state index in [0.717, 1.165) is 6.07 Å². The second-order valence-corrected chi connectivity index (χ2v) is 2.00. The summed E-state index contributed by atoms with van der Waals surface area (Å²) in [6, 6.07) is 2.63. The molecule has 0 aliphatic rings. The minimum absolute atomic E-state index is 0.175. The number of pyridine rings is 1. The quantitative estimate of drug-likeness (QED) is 0.643. The Bertz CT molecular complexity index is 230. The first-order chi connectivity index (χ1) is 5.26. The Labute approximate surface area is 63.5 Å². The van der Waals surface area contributed by atoms with Crippen molar-refractivity contribution in [3.8, 4) is 5.88 Å². The number of aromatic nitrogens is 1. The standard InChI is InChI=1S/C7H8FNO2/c1-11-7-3-5(4-10)2-6(8)9-7/h2-3,10H,4H2,1H3. The zero-order chi connectivity index (χ0) is 8.27. The minimum atomic E-state index is -0.645. The molecule has 60 valence electrons. The van der Waals surface area contributed by atoms with Gasteiger partial charge in [-0.2, -0.15) is 9.37 Å². The molecule has 0 unspecified atom stereocenters. The summed E-state index contributed by atoms with van der Waals surface area (Å²) >= 11 is 0. The van der Waals surface area contributed by atoms with Crippen LogP contribution in [-0.2, 0) is 6.61 Å². The van der Waals surface area contributed by atoms with E-state index in [4.69, 9.17) is 5.11 Å². The van der Waals surface area contributed by atoms with Crippen LogP contribution in [0.2, 0.25) is 0 Å². The van der Waals surface area contributed by atoms with E-state index >= 15 is 0 Å². The Morgan fingerprint density at radius 2 is 2.36 bits per heavy atom. The fourth-order valence-corrected chi connectivity index (χ4v) is 0.719. The number of rotatable bonds is 2. The highest BCUT2D eigenvalue weighted by Crippen LogP contribution is 2.10. The molecule has 0 aliphatic heterocycles. The molecule has 1 N–H and O–H groups in total. The lowest BCUT2D eigenvalue weighted by Gasteiger charge is -2.00. The molecule has 0 aliphatic carbocycles. The molecule has 0 aromatic carbocycles. The zero-order valence-electron chi connectivity index (χ0n) is 6.04. The number of hydrogen-bond acceptors (Lipinski definition) is 3. The molecule has 0 radical (unpaired) electrons. The van der Waals surface area contributed by atoms with E-state index in [-0.39, 0.29) is 12.5 Å². The van der Waals surface area contributed by atoms with Gasteiger partial charge in [-0.25, -0.2) is 0 Å². The molecule has 1 rings (SSSR count). The van der Waals surface area contributed by atoms with Gasteiger partial charge in [0, 0.05) is 6.07 Å². The predicted octanol–water partition coefficient (Wildman–Crippen LogP) is 0.722. The summed E-state index contributed by atoms with van der Waals surface area (Å²) in [5, 5.41) is 8.63. The van der Waals surface area contributed by atoms with Crippen LogP contribution in [0.5, 0.6) is 5.88 Å². The normalized spacial score (nSPS) is 9.73. The number of nitrogens with zero attached hydrogens (tertiary/aromatic N) is 1. The van der Waals surface area contributed by atoms with Crippen LogP contribution in [0.4, 0.5) is 4.39 Å². The second kappa shape index (κ2) is 3.30. The second-order valence-electron chi connectivity index (χ2n) is 2.00. The van der Waals surface area contributed by atoms with E-state index in [1.165, 1.54) is 13.2 Å². The molecule has 11 heavy (non-hydrogen) atoms. The molecule has 4 heteroatoms. The first-order valence-electron chi connectivity index (χ1n) is 3.07. The van der Waals surface area contributed by atoms with Crippen molar-refractivity contribution in [1.82, 2.24) is 4.98 Å². The number of ether oxygens (including phenoxy) is 1. The van der Waals surface area contributed by atoms with Crippen LogP contribution in [-0.4, -0.2) is 17.2 Å². The van der Waals surface area contributed by atoms with E-state index in [2.05, 4.69) is 9.72 Å². The first kappa shape index (κ1) is 7.94. The molecule has 3 nitrogen and oxygen atoms in total. The molecular formula is C7H8FNO2. The van der Waals surface area contributed by atoms with Crippen LogP contribution >= 0.6 is 0 Å². The summed E-state index contributed by atoms with van der Waals surface area (Å²) in [6.45, 7) is -0.213. The van der Waals surface area contributed by atoms with Crippen LogP contribution in [0.15, 0.2) is 12.1 Å². The van der Waals surface area contributed by atoms with E-state index in [1.54, 1.807) is 0 Å². The van der Waals surface area contributed by atoms with Crippen molar-refractivity contribution < 1.29 is 14.2 Å². The molecule has 1 aromatic heterocycles. The van der Waals surface area contributed by atoms with Gasteiger partial charge in [0.15, 0.2) is 0 Å². The van der Waals surface area contributed by atoms with Crippen molar-refractivity contribution in [3.05, 3.63) is 23.6 Å². The highest BCUT2D eigenvalue weighted by Gasteiger charge is 2.00. The van der Waals surface area contributed by atoms with Gasteiger partial charge in [0.1, 0.15) is 0 Å². The highest BCUT2D eigenvalue weighted by atomic mass is 19.1. The highest BCUT2D eigenvalue weighted by molar-refractivity contribution is 5.20. The number of aliphatic hydroxyl groups excluding tert-OH is 1. The molecule has 1 heterocycles. The van der Waals surface area contributed by atoms with Crippen molar-refractivity contribution in [2.24, 2.45) is 0 Å². The lowest BCUT2D eigenvalue weighted by molar-refractivity contribution is 0.279. The monoisotopic (exact) mass is 157 g/mol. The van der Waals surface area contributed by atoms with Crippen LogP contribution in [0.3, 0.4) is 0 Å². The van der Waals surface area contributed by atoms with Gasteiger partial charge >= 0.3 is 0 Å². The van der Waals surface area contributed by atoms with Crippen molar-refractivity contribution in [2.45, 2.75) is 6.61 Å². The Hall–Kier alpha value is -1.16. The van der Waals surface area contributed by atoms with Crippen molar-refractivity contribution in [2.75, 3.05) is 7.11 Å². The van der Waals surface area contributed by atoms with E-state index in [9.17, 15) is 4.39 Å². The summed E-state index contributed by atoms with van der Waals surface area (Å²) in [5.74, 6) is -0.470.